The molecule has 1 heterocycles. The molecule has 0 saturated carbocycles. The minimum absolute atomic E-state index is 0.298. The lowest BCUT2D eigenvalue weighted by Crippen LogP contribution is -2.00. The number of hydrogen-bond acceptors (Lipinski definition) is 4. The monoisotopic (exact) mass is 242 g/mol. The van der Waals surface area contributed by atoms with Crippen LogP contribution in [0.25, 0.3) is 0 Å². The van der Waals surface area contributed by atoms with Gasteiger partial charge in [-0.2, -0.15) is 0 Å². The van der Waals surface area contributed by atoms with Gasteiger partial charge >= 0.3 is 0 Å². The molecule has 86 valence electrons. The standard InChI is InChI=1S/C11H11ClO4/c1-14-10-7(6-13)11-9(5-8(10)12)15-3-2-4-16-11/h5-6H,2-4H2,1H3. The summed E-state index contributed by atoms with van der Waals surface area (Å²) >= 11 is 5.98. The third-order valence-electron chi connectivity index (χ3n) is 2.30. The first-order valence-electron chi connectivity index (χ1n) is 4.89. The molecule has 0 atom stereocenters. The van der Waals surface area contributed by atoms with Gasteiger partial charge in [-0.1, -0.05) is 11.6 Å². The van der Waals surface area contributed by atoms with E-state index in [2.05, 4.69) is 0 Å². The molecular formula is C11H11ClO4. The van der Waals surface area contributed by atoms with Crippen LogP contribution in [0.2, 0.25) is 5.02 Å². The lowest BCUT2D eigenvalue weighted by Gasteiger charge is -2.13. The minimum atomic E-state index is 0.298. The number of hydrogen-bond donors (Lipinski definition) is 0. The number of halogens is 1. The van der Waals surface area contributed by atoms with Crippen LogP contribution in [0.3, 0.4) is 0 Å². The van der Waals surface area contributed by atoms with Crippen LogP contribution in [-0.4, -0.2) is 26.6 Å². The molecule has 0 aromatic heterocycles. The Morgan fingerprint density at radius 1 is 1.44 bits per heavy atom. The predicted molar refractivity (Wildman–Crippen MR) is 59.0 cm³/mol. The number of ether oxygens (including phenoxy) is 3. The lowest BCUT2D eigenvalue weighted by atomic mass is 10.1. The Bertz CT molecular complexity index is 417. The number of rotatable bonds is 2. The average molecular weight is 243 g/mol. The van der Waals surface area contributed by atoms with E-state index in [-0.39, 0.29) is 0 Å². The van der Waals surface area contributed by atoms with Gasteiger partial charge in [-0.05, 0) is 0 Å². The maximum atomic E-state index is 11.0. The quantitative estimate of drug-likeness (QED) is 0.747. The molecule has 0 fully saturated rings. The van der Waals surface area contributed by atoms with E-state index >= 15 is 0 Å². The molecule has 0 amide bonds. The number of methoxy groups -OCH3 is 1. The van der Waals surface area contributed by atoms with Crippen LogP contribution in [-0.2, 0) is 0 Å². The molecule has 4 nitrogen and oxygen atoms in total. The van der Waals surface area contributed by atoms with Gasteiger partial charge in [0.25, 0.3) is 0 Å². The SMILES string of the molecule is COc1c(Cl)cc2c(c1C=O)OCCCO2. The van der Waals surface area contributed by atoms with Crippen molar-refractivity contribution in [2.24, 2.45) is 0 Å². The Morgan fingerprint density at radius 3 is 2.88 bits per heavy atom. The van der Waals surface area contributed by atoms with Gasteiger partial charge in [0, 0.05) is 12.5 Å². The van der Waals surface area contributed by atoms with Crippen molar-refractivity contribution < 1.29 is 19.0 Å². The molecule has 0 bridgehead atoms. The molecule has 1 aromatic rings. The summed E-state index contributed by atoms with van der Waals surface area (Å²) < 4.78 is 16.0. The van der Waals surface area contributed by atoms with Crippen LogP contribution < -0.4 is 14.2 Å². The summed E-state index contributed by atoms with van der Waals surface area (Å²) in [5, 5.41) is 0.342. The second-order valence-electron chi connectivity index (χ2n) is 3.30. The van der Waals surface area contributed by atoms with Crippen molar-refractivity contribution >= 4 is 17.9 Å². The van der Waals surface area contributed by atoms with Crippen LogP contribution in [0, 0.1) is 0 Å². The summed E-state index contributed by atoms with van der Waals surface area (Å²) in [6, 6.07) is 1.61. The highest BCUT2D eigenvalue weighted by Crippen LogP contribution is 2.42. The Morgan fingerprint density at radius 2 is 2.19 bits per heavy atom. The number of fused-ring (bicyclic) bond motifs is 1. The Balaban J connectivity index is 2.61. The largest absolute Gasteiger partial charge is 0.494 e. The molecular weight excluding hydrogens is 232 g/mol. The van der Waals surface area contributed by atoms with Crippen molar-refractivity contribution in [2.75, 3.05) is 20.3 Å². The van der Waals surface area contributed by atoms with Gasteiger partial charge in [0.15, 0.2) is 23.5 Å². The lowest BCUT2D eigenvalue weighted by molar-refractivity contribution is 0.111. The predicted octanol–water partition coefficient (Wildman–Crippen LogP) is 2.32. The maximum Gasteiger partial charge on any atom is 0.175 e. The van der Waals surface area contributed by atoms with E-state index in [1.807, 2.05) is 0 Å². The molecule has 0 saturated heterocycles. The molecule has 1 aliphatic rings. The molecule has 1 aliphatic heterocycles. The molecule has 5 heteroatoms. The summed E-state index contributed by atoms with van der Waals surface area (Å²) in [5.41, 5.74) is 0.298. The maximum absolute atomic E-state index is 11.0. The smallest absolute Gasteiger partial charge is 0.175 e. The van der Waals surface area contributed by atoms with E-state index in [0.29, 0.717) is 47.3 Å². The summed E-state index contributed by atoms with van der Waals surface area (Å²) in [5.74, 6) is 1.22. The van der Waals surface area contributed by atoms with Gasteiger partial charge in [0.05, 0.1) is 25.3 Å². The van der Waals surface area contributed by atoms with E-state index in [9.17, 15) is 4.79 Å². The van der Waals surface area contributed by atoms with Gasteiger partial charge < -0.3 is 14.2 Å². The fourth-order valence-corrected chi connectivity index (χ4v) is 1.87. The number of aldehydes is 1. The van der Waals surface area contributed by atoms with Gasteiger partial charge in [0.1, 0.15) is 5.56 Å². The second-order valence-corrected chi connectivity index (χ2v) is 3.71. The van der Waals surface area contributed by atoms with Gasteiger partial charge in [-0.25, -0.2) is 0 Å². The van der Waals surface area contributed by atoms with Crippen LogP contribution in [0.15, 0.2) is 6.07 Å². The van der Waals surface area contributed by atoms with E-state index in [4.69, 9.17) is 25.8 Å². The third kappa shape index (κ3) is 1.80. The normalized spacial score (nSPS) is 14.1. The Hall–Kier alpha value is -1.42. The Labute approximate surface area is 98.1 Å². The van der Waals surface area contributed by atoms with Gasteiger partial charge in [-0.15, -0.1) is 0 Å². The van der Waals surface area contributed by atoms with Crippen LogP contribution in [0.4, 0.5) is 0 Å². The van der Waals surface area contributed by atoms with E-state index in [1.54, 1.807) is 6.07 Å². The Kier molecular flexibility index (Phi) is 3.19. The molecule has 0 radical (unpaired) electrons. The molecule has 0 N–H and O–H groups in total. The van der Waals surface area contributed by atoms with Crippen molar-refractivity contribution in [2.45, 2.75) is 6.42 Å². The fraction of sp³-hybridized carbons (Fsp3) is 0.364. The van der Waals surface area contributed by atoms with E-state index in [1.165, 1.54) is 7.11 Å². The molecule has 0 aliphatic carbocycles. The minimum Gasteiger partial charge on any atom is -0.494 e. The molecule has 2 rings (SSSR count). The average Bonchev–Trinajstić information content (AvgIpc) is 2.52. The number of carbonyl (C=O) groups is 1. The summed E-state index contributed by atoms with van der Waals surface area (Å²) in [7, 11) is 1.46. The van der Waals surface area contributed by atoms with E-state index < -0.39 is 0 Å². The fourth-order valence-electron chi connectivity index (χ4n) is 1.60. The highest BCUT2D eigenvalue weighted by Gasteiger charge is 2.21. The summed E-state index contributed by atoms with van der Waals surface area (Å²) in [4.78, 5) is 11.0. The topological polar surface area (TPSA) is 44.8 Å². The summed E-state index contributed by atoms with van der Waals surface area (Å²) in [6.07, 6.45) is 1.44. The highest BCUT2D eigenvalue weighted by atomic mass is 35.5. The second kappa shape index (κ2) is 4.61. The van der Waals surface area contributed by atoms with Crippen molar-refractivity contribution in [3.8, 4) is 17.2 Å². The van der Waals surface area contributed by atoms with Crippen molar-refractivity contribution in [3.05, 3.63) is 16.7 Å². The first-order valence-corrected chi connectivity index (χ1v) is 5.27. The van der Waals surface area contributed by atoms with Crippen molar-refractivity contribution in [3.63, 3.8) is 0 Å². The third-order valence-corrected chi connectivity index (χ3v) is 2.58. The van der Waals surface area contributed by atoms with Gasteiger partial charge in [0.2, 0.25) is 0 Å². The van der Waals surface area contributed by atoms with Crippen LogP contribution in [0.1, 0.15) is 16.8 Å². The first-order chi connectivity index (χ1) is 7.77. The number of benzene rings is 1. The molecule has 16 heavy (non-hydrogen) atoms. The summed E-state index contributed by atoms with van der Waals surface area (Å²) in [6.45, 7) is 1.06. The molecule has 1 aromatic carbocycles. The first kappa shape index (κ1) is 11.1. The van der Waals surface area contributed by atoms with Crippen molar-refractivity contribution in [1.82, 2.24) is 0 Å². The zero-order valence-electron chi connectivity index (χ0n) is 8.79. The van der Waals surface area contributed by atoms with Crippen LogP contribution >= 0.6 is 11.6 Å². The highest BCUT2D eigenvalue weighted by molar-refractivity contribution is 6.32. The molecule has 0 unspecified atom stereocenters. The van der Waals surface area contributed by atoms with E-state index in [0.717, 1.165) is 6.42 Å². The van der Waals surface area contributed by atoms with Crippen LogP contribution in [0.5, 0.6) is 17.2 Å². The molecule has 0 spiro atoms. The zero-order chi connectivity index (χ0) is 11.5. The zero-order valence-corrected chi connectivity index (χ0v) is 9.54. The number of carbonyl (C=O) groups excluding carboxylic acids is 1. The van der Waals surface area contributed by atoms with Gasteiger partial charge in [-0.3, -0.25) is 4.79 Å². The van der Waals surface area contributed by atoms with Crippen molar-refractivity contribution in [1.29, 1.82) is 0 Å².